The van der Waals surface area contributed by atoms with Gasteiger partial charge in [0, 0.05) is 13.1 Å². The van der Waals surface area contributed by atoms with Crippen LogP contribution in [0.1, 0.15) is 31.2 Å². The molecule has 1 aliphatic rings. The topological polar surface area (TPSA) is 96.4 Å². The van der Waals surface area contributed by atoms with Gasteiger partial charge in [0.1, 0.15) is 18.0 Å². The normalized spacial score (nSPS) is 18.5. The van der Waals surface area contributed by atoms with Crippen molar-refractivity contribution in [2.45, 2.75) is 49.6 Å². The molecular formula is C24H32N2O6S. The zero-order valence-electron chi connectivity index (χ0n) is 19.5. The molecule has 1 N–H and O–H groups in total. The first-order chi connectivity index (χ1) is 15.7. The van der Waals surface area contributed by atoms with Crippen LogP contribution in [0.5, 0.6) is 11.5 Å². The lowest BCUT2D eigenvalue weighted by atomic mass is 9.91. The van der Waals surface area contributed by atoms with Crippen LogP contribution >= 0.6 is 0 Å². The number of aliphatic hydroxyl groups excluding tert-OH is 1. The molecule has 2 aromatic carbocycles. The van der Waals surface area contributed by atoms with Crippen molar-refractivity contribution < 1.29 is 27.8 Å². The van der Waals surface area contributed by atoms with Crippen LogP contribution < -0.4 is 13.8 Å². The minimum absolute atomic E-state index is 0.0612. The van der Waals surface area contributed by atoms with Gasteiger partial charge < -0.3 is 19.5 Å². The minimum atomic E-state index is -4.11. The number of carbonyl (C=O) groups is 1. The van der Waals surface area contributed by atoms with E-state index in [9.17, 15) is 18.3 Å². The van der Waals surface area contributed by atoms with E-state index in [1.807, 2.05) is 6.92 Å². The van der Waals surface area contributed by atoms with Gasteiger partial charge in [-0.1, -0.05) is 30.5 Å². The van der Waals surface area contributed by atoms with Gasteiger partial charge in [0.15, 0.2) is 0 Å². The molecule has 33 heavy (non-hydrogen) atoms. The monoisotopic (exact) mass is 476 g/mol. The molecule has 2 aromatic rings. The quantitative estimate of drug-likeness (QED) is 0.629. The molecule has 180 valence electrons. The van der Waals surface area contributed by atoms with Crippen molar-refractivity contribution in [2.24, 2.45) is 0 Å². The van der Waals surface area contributed by atoms with E-state index in [0.29, 0.717) is 24.3 Å². The molecule has 2 atom stereocenters. The first-order valence-electron chi connectivity index (χ1n) is 10.9. The molecule has 0 aliphatic heterocycles. The number of anilines is 1. The predicted molar refractivity (Wildman–Crippen MR) is 126 cm³/mol. The summed E-state index contributed by atoms with van der Waals surface area (Å²) in [5.74, 6) is 0.305. The van der Waals surface area contributed by atoms with Gasteiger partial charge in [-0.15, -0.1) is 0 Å². The van der Waals surface area contributed by atoms with Crippen LogP contribution in [0.15, 0.2) is 47.4 Å². The highest BCUT2D eigenvalue weighted by atomic mass is 32.2. The van der Waals surface area contributed by atoms with Gasteiger partial charge in [-0.25, -0.2) is 8.42 Å². The summed E-state index contributed by atoms with van der Waals surface area (Å²) in [6.45, 7) is 1.42. The summed E-state index contributed by atoms with van der Waals surface area (Å²) in [6, 6.07) is 10.9. The van der Waals surface area contributed by atoms with Crippen molar-refractivity contribution in [1.29, 1.82) is 0 Å². The van der Waals surface area contributed by atoms with Gasteiger partial charge in [-0.3, -0.25) is 9.10 Å². The van der Waals surface area contributed by atoms with E-state index < -0.39 is 28.6 Å². The molecule has 1 fully saturated rings. The largest absolute Gasteiger partial charge is 0.497 e. The average Bonchev–Trinajstić information content (AvgIpc) is 2.82. The summed E-state index contributed by atoms with van der Waals surface area (Å²) < 4.78 is 39.2. The molecule has 2 unspecified atom stereocenters. The molecule has 9 heteroatoms. The predicted octanol–water partition coefficient (Wildman–Crippen LogP) is 2.97. The van der Waals surface area contributed by atoms with E-state index >= 15 is 0 Å². The second-order valence-electron chi connectivity index (χ2n) is 8.29. The molecular weight excluding hydrogens is 444 g/mol. The van der Waals surface area contributed by atoms with E-state index in [4.69, 9.17) is 9.47 Å². The lowest BCUT2D eigenvalue weighted by Crippen LogP contribution is -2.50. The number of likely N-dealkylation sites (N-methyl/N-ethyl adjacent to an activating group) is 1. The summed E-state index contributed by atoms with van der Waals surface area (Å²) >= 11 is 0. The fraction of sp³-hybridized carbons (Fsp3) is 0.458. The Morgan fingerprint density at radius 2 is 1.73 bits per heavy atom. The Bertz CT molecular complexity index is 1070. The molecule has 3 rings (SSSR count). The number of ether oxygens (including phenoxy) is 2. The summed E-state index contributed by atoms with van der Waals surface area (Å²) in [4.78, 5) is 14.8. The standard InChI is InChI=1S/C24H32N2O6S/c1-17-9-12-19(13-10-17)33(29,30)26(21-15-18(31-3)11-14-23(21)32-4)16-24(28)25(2)20-7-5-6-8-22(20)27/h9-15,20,22,27H,5-8,16H2,1-4H3. The Labute approximate surface area is 195 Å². The van der Waals surface area contributed by atoms with Crippen molar-refractivity contribution >= 4 is 21.6 Å². The van der Waals surface area contributed by atoms with Crippen LogP contribution in [0.2, 0.25) is 0 Å². The molecule has 0 bridgehead atoms. The lowest BCUT2D eigenvalue weighted by molar-refractivity contribution is -0.133. The number of methoxy groups -OCH3 is 2. The van der Waals surface area contributed by atoms with Gasteiger partial charge in [-0.05, 0) is 44.0 Å². The maximum Gasteiger partial charge on any atom is 0.264 e. The van der Waals surface area contributed by atoms with E-state index in [0.717, 1.165) is 22.7 Å². The molecule has 0 radical (unpaired) electrons. The number of nitrogens with zero attached hydrogens (tertiary/aromatic N) is 2. The highest BCUT2D eigenvalue weighted by Gasteiger charge is 2.34. The number of amides is 1. The number of aliphatic hydroxyl groups is 1. The minimum Gasteiger partial charge on any atom is -0.497 e. The van der Waals surface area contributed by atoms with Crippen molar-refractivity contribution in [1.82, 2.24) is 4.90 Å². The van der Waals surface area contributed by atoms with Crippen LogP contribution in [0.4, 0.5) is 5.69 Å². The first kappa shape index (κ1) is 24.9. The van der Waals surface area contributed by atoms with Crippen LogP contribution in [-0.2, 0) is 14.8 Å². The third-order valence-electron chi connectivity index (χ3n) is 6.13. The third-order valence-corrected chi connectivity index (χ3v) is 7.90. The van der Waals surface area contributed by atoms with Crippen molar-refractivity contribution in [3.8, 4) is 11.5 Å². The van der Waals surface area contributed by atoms with E-state index in [1.165, 1.54) is 37.3 Å². The Morgan fingerprint density at radius 1 is 1.06 bits per heavy atom. The van der Waals surface area contributed by atoms with Crippen LogP contribution in [0.25, 0.3) is 0 Å². The molecule has 0 aromatic heterocycles. The Kier molecular flexibility index (Phi) is 7.86. The number of carbonyl (C=O) groups excluding carboxylic acids is 1. The van der Waals surface area contributed by atoms with Crippen molar-refractivity contribution in [3.05, 3.63) is 48.0 Å². The molecule has 0 saturated heterocycles. The van der Waals surface area contributed by atoms with Crippen LogP contribution in [-0.4, -0.2) is 64.3 Å². The maximum absolute atomic E-state index is 13.7. The zero-order valence-corrected chi connectivity index (χ0v) is 20.3. The average molecular weight is 477 g/mol. The van der Waals surface area contributed by atoms with Gasteiger partial charge in [0.05, 0.1) is 36.9 Å². The van der Waals surface area contributed by atoms with E-state index in [1.54, 1.807) is 31.3 Å². The Morgan fingerprint density at radius 3 is 2.33 bits per heavy atom. The van der Waals surface area contributed by atoms with Gasteiger partial charge in [0.2, 0.25) is 5.91 Å². The number of hydrogen-bond acceptors (Lipinski definition) is 6. The summed E-state index contributed by atoms with van der Waals surface area (Å²) in [7, 11) is 0.417. The summed E-state index contributed by atoms with van der Waals surface area (Å²) in [5, 5.41) is 10.4. The third kappa shape index (κ3) is 5.42. The van der Waals surface area contributed by atoms with Crippen molar-refractivity contribution in [3.63, 3.8) is 0 Å². The number of sulfonamides is 1. The highest BCUT2D eigenvalue weighted by Crippen LogP contribution is 2.36. The van der Waals surface area contributed by atoms with Crippen molar-refractivity contribution in [2.75, 3.05) is 32.1 Å². The second-order valence-corrected chi connectivity index (χ2v) is 10.1. The van der Waals surface area contributed by atoms with Crippen LogP contribution in [0, 0.1) is 6.92 Å². The first-order valence-corrected chi connectivity index (χ1v) is 12.4. The second kappa shape index (κ2) is 10.4. The molecule has 8 nitrogen and oxygen atoms in total. The van der Waals surface area contributed by atoms with E-state index in [-0.39, 0.29) is 16.6 Å². The molecule has 0 spiro atoms. The van der Waals surface area contributed by atoms with Crippen LogP contribution in [0.3, 0.4) is 0 Å². The van der Waals surface area contributed by atoms with Gasteiger partial charge in [0.25, 0.3) is 10.0 Å². The van der Waals surface area contributed by atoms with E-state index in [2.05, 4.69) is 0 Å². The summed E-state index contributed by atoms with van der Waals surface area (Å²) in [5.41, 5.74) is 1.12. The molecule has 1 amide bonds. The zero-order chi connectivity index (χ0) is 24.2. The Balaban J connectivity index is 2.04. The molecule has 1 saturated carbocycles. The van der Waals surface area contributed by atoms with Gasteiger partial charge in [-0.2, -0.15) is 0 Å². The fourth-order valence-corrected chi connectivity index (χ4v) is 5.51. The maximum atomic E-state index is 13.7. The Hall–Kier alpha value is -2.78. The molecule has 1 aliphatic carbocycles. The van der Waals surface area contributed by atoms with Gasteiger partial charge >= 0.3 is 0 Å². The number of benzene rings is 2. The SMILES string of the molecule is COc1ccc(OC)c(N(CC(=O)N(C)C2CCCCC2O)S(=O)(=O)c2ccc(C)cc2)c1. The number of aryl methyl sites for hydroxylation is 1. The summed E-state index contributed by atoms with van der Waals surface area (Å²) in [6.07, 6.45) is 2.50. The number of hydrogen-bond donors (Lipinski definition) is 1. The lowest BCUT2D eigenvalue weighted by Gasteiger charge is -2.36. The fourth-order valence-electron chi connectivity index (χ4n) is 4.09. The molecule has 0 heterocycles. The highest BCUT2D eigenvalue weighted by molar-refractivity contribution is 7.92. The smallest absolute Gasteiger partial charge is 0.264 e. The number of rotatable bonds is 8.